The fourth-order valence-electron chi connectivity index (χ4n) is 17.6. The van der Waals surface area contributed by atoms with Crippen molar-refractivity contribution >= 4 is 80.2 Å². The van der Waals surface area contributed by atoms with Crippen molar-refractivity contribution in [1.82, 2.24) is 0 Å². The fourth-order valence-corrected chi connectivity index (χ4v) is 17.6. The van der Waals surface area contributed by atoms with Crippen LogP contribution in [0.4, 0.5) is 45.5 Å². The van der Waals surface area contributed by atoms with Crippen molar-refractivity contribution < 1.29 is 0 Å². The van der Waals surface area contributed by atoms with E-state index in [0.29, 0.717) is 0 Å². The van der Waals surface area contributed by atoms with Gasteiger partial charge in [-0.2, -0.15) is 0 Å². The van der Waals surface area contributed by atoms with Crippen LogP contribution in [0.2, 0.25) is 0 Å². The summed E-state index contributed by atoms with van der Waals surface area (Å²) in [5.41, 5.74) is 33.7. The standard InChI is InChI=1S/C93H108BN3/c1-59-50-66(87(8,9)10)39-44-77(59)95-80-56-69(97-79-43-34-63(52-74(79)92(21)46-26-27-47-93(92,97)22)70(62-32-37-65(38-33-62)86(5,6)7)51-60-30-35-64(36-31-60)85(2,3)4)41-42-75(80)94-76-57-72-73(91(19,20)49-48-90(72,17)18)58-81(76)96(83-55-68(89(14,15)16)54-82(95)84(83)94)78-45-40-67(88(11,12)13)53-71(78)61-28-24-23-25-29-61/h23-25,28-45,50-58H,26-27,46-49H2,1-22H3/b70-51-. The average Bonchev–Trinajstić information content (AvgIpc) is 1.68. The molecule has 0 radical (unpaired) electrons. The monoisotopic (exact) mass is 1280 g/mol. The minimum Gasteiger partial charge on any atom is -0.334 e. The third-order valence-electron chi connectivity index (χ3n) is 24.2. The molecule has 2 atom stereocenters. The average molecular weight is 1280 g/mol. The molecule has 498 valence electrons. The Hall–Kier alpha value is -7.82. The molecule has 2 aliphatic carbocycles. The van der Waals surface area contributed by atoms with Crippen molar-refractivity contribution in [3.05, 3.63) is 243 Å². The Balaban J connectivity index is 1.04. The van der Waals surface area contributed by atoms with Crippen molar-refractivity contribution in [2.45, 2.75) is 240 Å². The van der Waals surface area contributed by atoms with E-state index in [0.717, 1.165) is 25.7 Å². The SMILES string of the molecule is Cc1cc(C(C)(C)C)ccc1N1c2cc(N3c4ccc(/C(=C\c5ccc(C(C)(C)C)cc5)c5ccc(C(C)(C)C)cc5)cc4C4(C)CCCCC34C)ccc2B2c3cc4c(cc3N(c3ccc(C(C)(C)C)cc3-c3ccccc3)c3cc(C(C)(C)C)cc1c32)C(C)(C)CCC4(C)C. The molecule has 0 spiro atoms. The van der Waals surface area contributed by atoms with Crippen LogP contribution in [0.25, 0.3) is 22.8 Å². The maximum Gasteiger partial charge on any atom is 0.252 e. The summed E-state index contributed by atoms with van der Waals surface area (Å²) in [6.45, 7) is 52.8. The Morgan fingerprint density at radius 3 is 1.48 bits per heavy atom. The third-order valence-corrected chi connectivity index (χ3v) is 24.2. The second-order valence-corrected chi connectivity index (χ2v) is 37.0. The van der Waals surface area contributed by atoms with Gasteiger partial charge >= 0.3 is 0 Å². The van der Waals surface area contributed by atoms with Crippen LogP contribution in [0.1, 0.15) is 251 Å². The van der Waals surface area contributed by atoms with E-state index in [1.165, 1.54) is 158 Å². The van der Waals surface area contributed by atoms with Crippen molar-refractivity contribution in [3.63, 3.8) is 0 Å². The number of hydrogen-bond acceptors (Lipinski definition) is 3. The first-order valence-corrected chi connectivity index (χ1v) is 36.7. The lowest BCUT2D eigenvalue weighted by Gasteiger charge is -2.51. The van der Waals surface area contributed by atoms with Crippen molar-refractivity contribution in [2.75, 3.05) is 14.7 Å². The summed E-state index contributed by atoms with van der Waals surface area (Å²) in [5, 5.41) is 0. The predicted molar refractivity (Wildman–Crippen MR) is 422 cm³/mol. The molecule has 9 aromatic rings. The lowest BCUT2D eigenvalue weighted by molar-refractivity contribution is 0.195. The number of hydrogen-bond donors (Lipinski definition) is 0. The Bertz CT molecular complexity index is 4630. The Morgan fingerprint density at radius 1 is 0.392 bits per heavy atom. The number of anilines is 8. The molecule has 4 heteroatoms. The van der Waals surface area contributed by atoms with Gasteiger partial charge in [-0.3, -0.25) is 0 Å². The summed E-state index contributed by atoms with van der Waals surface area (Å²) >= 11 is 0. The first kappa shape index (κ1) is 66.4. The van der Waals surface area contributed by atoms with Gasteiger partial charge in [-0.15, -0.1) is 0 Å². The highest BCUT2D eigenvalue weighted by atomic mass is 15.3. The van der Waals surface area contributed by atoms with Gasteiger partial charge in [-0.05, 0) is 238 Å². The summed E-state index contributed by atoms with van der Waals surface area (Å²) in [6, 6.07) is 70.8. The Kier molecular flexibility index (Phi) is 15.5. The van der Waals surface area contributed by atoms with Gasteiger partial charge in [0.15, 0.2) is 0 Å². The molecule has 0 aromatic heterocycles. The van der Waals surface area contributed by atoms with Gasteiger partial charge in [-0.25, -0.2) is 0 Å². The van der Waals surface area contributed by atoms with E-state index in [1.807, 2.05) is 0 Å². The van der Waals surface area contributed by atoms with Crippen molar-refractivity contribution in [3.8, 4) is 11.1 Å². The van der Waals surface area contributed by atoms with Crippen LogP contribution in [-0.4, -0.2) is 12.3 Å². The highest BCUT2D eigenvalue weighted by Crippen LogP contribution is 2.62. The molecule has 3 aliphatic heterocycles. The molecule has 3 nitrogen and oxygen atoms in total. The first-order chi connectivity index (χ1) is 45.4. The summed E-state index contributed by atoms with van der Waals surface area (Å²) in [6.07, 6.45) is 9.37. The van der Waals surface area contributed by atoms with Gasteiger partial charge in [0, 0.05) is 50.8 Å². The van der Waals surface area contributed by atoms with Gasteiger partial charge in [0.05, 0.1) is 11.2 Å². The highest BCUT2D eigenvalue weighted by molar-refractivity contribution is 7.00. The molecule has 9 aromatic carbocycles. The van der Waals surface area contributed by atoms with Crippen molar-refractivity contribution in [2.24, 2.45) is 0 Å². The summed E-state index contributed by atoms with van der Waals surface area (Å²) in [7, 11) is 0. The molecule has 0 N–H and O–H groups in total. The van der Waals surface area contributed by atoms with Crippen LogP contribution < -0.4 is 31.1 Å². The molecule has 3 heterocycles. The van der Waals surface area contributed by atoms with Crippen molar-refractivity contribution in [1.29, 1.82) is 0 Å². The van der Waals surface area contributed by atoms with E-state index in [-0.39, 0.29) is 55.6 Å². The van der Waals surface area contributed by atoms with Crippen LogP contribution in [-0.2, 0) is 43.3 Å². The van der Waals surface area contributed by atoms with E-state index in [4.69, 9.17) is 0 Å². The molecule has 2 unspecified atom stereocenters. The number of fused-ring (bicyclic) bond motifs is 8. The smallest absolute Gasteiger partial charge is 0.252 e. The zero-order valence-corrected chi connectivity index (χ0v) is 63.0. The number of aryl methyl sites for hydroxylation is 1. The molecular formula is C93H108BN3. The number of benzene rings is 9. The molecule has 0 bridgehead atoms. The van der Waals surface area contributed by atoms with Crippen LogP contribution in [0.5, 0.6) is 0 Å². The molecule has 1 saturated carbocycles. The van der Waals surface area contributed by atoms with E-state index < -0.39 is 0 Å². The highest BCUT2D eigenvalue weighted by Gasteiger charge is 2.58. The van der Waals surface area contributed by atoms with Crippen LogP contribution in [0.15, 0.2) is 176 Å². The third kappa shape index (κ3) is 11.1. The van der Waals surface area contributed by atoms with E-state index in [1.54, 1.807) is 0 Å². The molecule has 1 fully saturated rings. The quantitative estimate of drug-likeness (QED) is 0.116. The van der Waals surface area contributed by atoms with E-state index >= 15 is 0 Å². The number of rotatable bonds is 7. The lowest BCUT2D eigenvalue weighted by Crippen LogP contribution is -2.62. The normalized spacial score (nSPS) is 19.6. The van der Waals surface area contributed by atoms with Gasteiger partial charge in [-0.1, -0.05) is 267 Å². The zero-order valence-electron chi connectivity index (χ0n) is 63.0. The van der Waals surface area contributed by atoms with E-state index in [9.17, 15) is 0 Å². The Labute approximate surface area is 585 Å². The van der Waals surface area contributed by atoms with Gasteiger partial charge in [0.25, 0.3) is 6.71 Å². The summed E-state index contributed by atoms with van der Waals surface area (Å²) in [5.74, 6) is 0. The minimum absolute atomic E-state index is 0.0109. The second-order valence-electron chi connectivity index (χ2n) is 37.0. The second kappa shape index (κ2) is 22.6. The molecule has 97 heavy (non-hydrogen) atoms. The zero-order chi connectivity index (χ0) is 69.3. The molecule has 5 aliphatic rings. The maximum atomic E-state index is 2.84. The molecule has 14 rings (SSSR count). The lowest BCUT2D eigenvalue weighted by atomic mass is 9.33. The summed E-state index contributed by atoms with van der Waals surface area (Å²) in [4.78, 5) is 8.31. The van der Waals surface area contributed by atoms with Gasteiger partial charge < -0.3 is 14.7 Å². The van der Waals surface area contributed by atoms with E-state index in [2.05, 4.69) is 349 Å². The predicted octanol–water partition coefficient (Wildman–Crippen LogP) is 23.9. The number of nitrogens with zero attached hydrogens (tertiary/aromatic N) is 3. The molecular weight excluding hydrogens is 1170 g/mol. The minimum atomic E-state index is -0.204. The molecule has 0 saturated heterocycles. The van der Waals surface area contributed by atoms with Gasteiger partial charge in [0.1, 0.15) is 0 Å². The summed E-state index contributed by atoms with van der Waals surface area (Å²) < 4.78 is 0. The first-order valence-electron chi connectivity index (χ1n) is 36.7. The van der Waals surface area contributed by atoms with Crippen LogP contribution >= 0.6 is 0 Å². The van der Waals surface area contributed by atoms with Crippen LogP contribution in [0.3, 0.4) is 0 Å². The topological polar surface area (TPSA) is 9.72 Å². The van der Waals surface area contributed by atoms with Gasteiger partial charge in [0.2, 0.25) is 0 Å². The van der Waals surface area contributed by atoms with Crippen LogP contribution in [0, 0.1) is 6.92 Å². The maximum absolute atomic E-state index is 2.84. The Morgan fingerprint density at radius 2 is 0.897 bits per heavy atom. The molecule has 0 amide bonds. The fraction of sp³-hybridized carbons (Fsp3) is 0.398. The largest absolute Gasteiger partial charge is 0.334 e.